The first-order valence-electron chi connectivity index (χ1n) is 10.1. The van der Waals surface area contributed by atoms with Crippen LogP contribution in [0.4, 0.5) is 22.0 Å². The molecule has 0 amide bonds. The molecule has 0 heterocycles. The molecule has 0 aromatic heterocycles. The van der Waals surface area contributed by atoms with Crippen molar-refractivity contribution in [3.63, 3.8) is 0 Å². The molecule has 3 aromatic rings. The lowest BCUT2D eigenvalue weighted by molar-refractivity contribution is -0.258. The Morgan fingerprint density at radius 2 is 1.14 bits per heavy atom. The molecule has 1 unspecified atom stereocenters. The topological polar surface area (TPSA) is 83.8 Å². The van der Waals surface area contributed by atoms with Crippen molar-refractivity contribution in [1.82, 2.24) is 0 Å². The number of carbonyl (C=O) groups is 1. The Balaban J connectivity index is 2.55. The molecule has 1 atom stereocenters. The van der Waals surface area contributed by atoms with Crippen LogP contribution in [0.15, 0.2) is 118 Å². The number of ether oxygens (including phenoxy) is 1. The Hall–Kier alpha value is -3.06. The summed E-state index contributed by atoms with van der Waals surface area (Å²) in [6.07, 6.45) is -10.3. The number of esters is 1. The molecule has 0 saturated carbocycles. The molecule has 0 radical (unpaired) electrons. The van der Waals surface area contributed by atoms with E-state index in [2.05, 4.69) is 11.3 Å². The molecular formula is C24H21F5O5S2. The van der Waals surface area contributed by atoms with Gasteiger partial charge in [0.15, 0.2) is 8.66 Å². The van der Waals surface area contributed by atoms with Crippen LogP contribution in [0.25, 0.3) is 0 Å². The highest BCUT2D eigenvalue weighted by molar-refractivity contribution is 8.97. The molecule has 0 aliphatic rings. The van der Waals surface area contributed by atoms with Crippen LogP contribution in [0.3, 0.4) is 0 Å². The van der Waals surface area contributed by atoms with E-state index in [4.69, 9.17) is 0 Å². The maximum absolute atomic E-state index is 16.0. The van der Waals surface area contributed by atoms with E-state index >= 15 is 8.78 Å². The second-order valence-corrected chi connectivity index (χ2v) is 15.4. The van der Waals surface area contributed by atoms with Gasteiger partial charge in [-0.2, -0.15) is 22.0 Å². The number of rotatable bonds is 8. The van der Waals surface area contributed by atoms with E-state index in [1.165, 1.54) is 54.6 Å². The fraction of sp³-hybridized carbons (Fsp3) is 0.125. The summed E-state index contributed by atoms with van der Waals surface area (Å²) in [7, 11) is -12.4. The van der Waals surface area contributed by atoms with Crippen LogP contribution in [0, 0.1) is 0 Å². The minimum absolute atomic E-state index is 0.187. The van der Waals surface area contributed by atoms with Crippen LogP contribution >= 0.6 is 9.06 Å². The van der Waals surface area contributed by atoms with E-state index < -0.39 is 41.2 Å². The smallest absolute Gasteiger partial charge is 0.432 e. The van der Waals surface area contributed by atoms with Crippen molar-refractivity contribution in [2.45, 2.75) is 32.2 Å². The third-order valence-electron chi connectivity index (χ3n) is 5.14. The van der Waals surface area contributed by atoms with Gasteiger partial charge in [0.25, 0.3) is 6.10 Å². The lowest BCUT2D eigenvalue weighted by Gasteiger charge is -2.57. The highest BCUT2D eigenvalue weighted by Crippen LogP contribution is 2.82. The number of carbonyl (C=O) groups excluding carboxylic acids is 1. The van der Waals surface area contributed by atoms with Crippen molar-refractivity contribution < 1.29 is 44.8 Å². The third kappa shape index (κ3) is 4.23. The van der Waals surface area contributed by atoms with Gasteiger partial charge in [0.05, 0.1) is 0 Å². The molecule has 36 heavy (non-hydrogen) atoms. The molecule has 194 valence electrons. The minimum atomic E-state index is -7.89. The summed E-state index contributed by atoms with van der Waals surface area (Å²) in [6.45, 7) is 2.87. The van der Waals surface area contributed by atoms with Crippen LogP contribution in [0.5, 0.6) is 0 Å². The molecule has 0 bridgehead atoms. The number of hydrogen-bond acceptors (Lipinski definition) is 3. The predicted octanol–water partition coefficient (Wildman–Crippen LogP) is 6.90. The zero-order valence-corrected chi connectivity index (χ0v) is 20.0. The van der Waals surface area contributed by atoms with Gasteiger partial charge in [-0.3, -0.25) is 9.11 Å². The van der Waals surface area contributed by atoms with Gasteiger partial charge in [0, 0.05) is 20.8 Å². The van der Waals surface area contributed by atoms with Crippen LogP contribution in [0.2, 0.25) is 0 Å². The van der Waals surface area contributed by atoms with Crippen molar-refractivity contribution in [2.24, 2.45) is 0 Å². The van der Waals surface area contributed by atoms with E-state index in [1.807, 2.05) is 0 Å². The van der Waals surface area contributed by atoms with E-state index in [-0.39, 0.29) is 20.8 Å². The zero-order valence-electron chi connectivity index (χ0n) is 18.3. The Morgan fingerprint density at radius 3 is 1.42 bits per heavy atom. The second-order valence-electron chi connectivity index (χ2n) is 7.42. The van der Waals surface area contributed by atoms with Gasteiger partial charge in [-0.05, 0) is 36.4 Å². The highest BCUT2D eigenvalue weighted by atomic mass is 33.2. The maximum Gasteiger partial charge on any atom is 0.432 e. The molecule has 0 saturated heterocycles. The van der Waals surface area contributed by atoms with Crippen molar-refractivity contribution in [3.05, 3.63) is 104 Å². The summed E-state index contributed by atoms with van der Waals surface area (Å²) in [5, 5.41) is -5.95. The molecule has 3 rings (SSSR count). The van der Waals surface area contributed by atoms with Gasteiger partial charge < -0.3 is 4.74 Å². The molecule has 12 heteroatoms. The highest BCUT2D eigenvalue weighted by Gasteiger charge is 2.77. The summed E-state index contributed by atoms with van der Waals surface area (Å²) in [5.41, 5.74) is 0. The summed E-state index contributed by atoms with van der Waals surface area (Å²) in [6, 6.07) is 19.2. The van der Waals surface area contributed by atoms with Gasteiger partial charge >= 0.3 is 17.4 Å². The Morgan fingerprint density at radius 1 is 0.806 bits per heavy atom. The molecule has 2 N–H and O–H groups in total. The first-order chi connectivity index (χ1) is 16.7. The van der Waals surface area contributed by atoms with E-state index in [1.54, 1.807) is 0 Å². The standard InChI is InChI=1S/C24H21F5O5S2/c1-2-21(30)34-22(23(25,26)27)24(28,29)36(31,32,33)35(18-12-6-3-7-13-18,19-14-8-4-9-15-19)20-16-10-5-11-17-20/h2-17,22H,1H2,(H2,31,32,33). The number of benzene rings is 3. The summed E-state index contributed by atoms with van der Waals surface area (Å²) in [4.78, 5) is 10.6. The third-order valence-corrected chi connectivity index (χ3v) is 15.1. The lowest BCUT2D eigenvalue weighted by atomic mass is 10.3. The quantitative estimate of drug-likeness (QED) is 0.138. The normalized spacial score (nSPS) is 15.2. The van der Waals surface area contributed by atoms with E-state index in [0.29, 0.717) is 0 Å². The fourth-order valence-corrected chi connectivity index (χ4v) is 13.3. The number of halogens is 5. The molecule has 0 aliphatic heterocycles. The molecule has 5 nitrogen and oxygen atoms in total. The average Bonchev–Trinajstić information content (AvgIpc) is 2.83. The van der Waals surface area contributed by atoms with Crippen LogP contribution in [0.1, 0.15) is 0 Å². The molecule has 0 aliphatic carbocycles. The second kappa shape index (κ2) is 9.43. The van der Waals surface area contributed by atoms with Gasteiger partial charge in [0.2, 0.25) is 0 Å². The zero-order chi connectivity index (χ0) is 26.9. The van der Waals surface area contributed by atoms with Crippen molar-refractivity contribution in [1.29, 1.82) is 0 Å². The van der Waals surface area contributed by atoms with Crippen LogP contribution < -0.4 is 0 Å². The first-order valence-corrected chi connectivity index (χ1v) is 14.1. The Bertz CT molecular complexity index is 1200. The van der Waals surface area contributed by atoms with Gasteiger partial charge in [0.1, 0.15) is 0 Å². The van der Waals surface area contributed by atoms with Crippen LogP contribution in [-0.2, 0) is 18.2 Å². The number of hydrogen-bond donors (Lipinski definition) is 2. The van der Waals surface area contributed by atoms with Gasteiger partial charge in [-0.25, -0.2) is 9.00 Å². The van der Waals surface area contributed by atoms with Crippen molar-refractivity contribution in [3.8, 4) is 0 Å². The minimum Gasteiger partial charge on any atom is -0.442 e. The Kier molecular flexibility index (Phi) is 7.21. The summed E-state index contributed by atoms with van der Waals surface area (Å²) < 4.78 is 115. The van der Waals surface area contributed by atoms with Crippen molar-refractivity contribution >= 4 is 23.7 Å². The summed E-state index contributed by atoms with van der Waals surface area (Å²) >= 11 is 0. The largest absolute Gasteiger partial charge is 0.442 e. The fourth-order valence-electron chi connectivity index (χ4n) is 3.61. The van der Waals surface area contributed by atoms with E-state index in [9.17, 15) is 31.3 Å². The summed E-state index contributed by atoms with van der Waals surface area (Å²) in [5.74, 6) is -1.93. The molecular weight excluding hydrogens is 527 g/mol. The Labute approximate surface area is 204 Å². The SMILES string of the molecule is C=CC(=O)OC(C(F)(F)F)C(F)(F)S(=O)(O)(O)S(c1ccccc1)(c1ccccc1)c1ccccc1. The molecule has 3 aromatic carbocycles. The predicted molar refractivity (Wildman–Crippen MR) is 126 cm³/mol. The number of alkyl halides is 5. The maximum atomic E-state index is 16.0. The van der Waals surface area contributed by atoms with Crippen LogP contribution in [-0.4, -0.2) is 36.8 Å². The first kappa shape index (κ1) is 27.5. The van der Waals surface area contributed by atoms with E-state index in [0.717, 1.165) is 36.4 Å². The molecule has 0 fully saturated rings. The molecule has 0 spiro atoms. The van der Waals surface area contributed by atoms with Gasteiger partial charge in [-0.1, -0.05) is 70.2 Å². The monoisotopic (exact) mass is 548 g/mol. The average molecular weight is 549 g/mol. The van der Waals surface area contributed by atoms with Gasteiger partial charge in [-0.15, -0.1) is 0 Å². The lowest BCUT2D eigenvalue weighted by Crippen LogP contribution is -2.63. The van der Waals surface area contributed by atoms with Crippen molar-refractivity contribution in [2.75, 3.05) is 0 Å².